The van der Waals surface area contributed by atoms with Gasteiger partial charge in [0.05, 0.1) is 13.2 Å². The molecular weight excluding hydrogens is 258 g/mol. The molecule has 0 aromatic carbocycles. The lowest BCUT2D eigenvalue weighted by Gasteiger charge is -2.20. The first-order valence-electron chi connectivity index (χ1n) is 7.43. The Hall–Kier alpha value is -0.420. The Morgan fingerprint density at radius 3 is 3.00 bits per heavy atom. The highest BCUT2D eigenvalue weighted by Gasteiger charge is 2.29. The highest BCUT2D eigenvalue weighted by Crippen LogP contribution is 2.28. The Balaban J connectivity index is 1.79. The Bertz CT molecular complexity index is 297. The molecule has 0 aromatic heterocycles. The zero-order valence-corrected chi connectivity index (χ0v) is 13.0. The third kappa shape index (κ3) is 4.88. The monoisotopic (exact) mass is 285 g/mol. The number of thioether (sulfide) groups is 1. The smallest absolute Gasteiger partial charge is 0.191 e. The summed E-state index contributed by atoms with van der Waals surface area (Å²) in [4.78, 5) is 4.73. The van der Waals surface area contributed by atoms with Gasteiger partial charge in [-0.1, -0.05) is 6.92 Å². The highest BCUT2D eigenvalue weighted by molar-refractivity contribution is 8.00. The predicted octanol–water partition coefficient (Wildman–Crippen LogP) is 1.86. The second kappa shape index (κ2) is 7.39. The summed E-state index contributed by atoms with van der Waals surface area (Å²) in [6.07, 6.45) is 3.82. The maximum atomic E-state index is 5.48. The van der Waals surface area contributed by atoms with Crippen molar-refractivity contribution in [3.8, 4) is 0 Å². The summed E-state index contributed by atoms with van der Waals surface area (Å²) in [5.41, 5.74) is 0.227. The number of rotatable bonds is 5. The van der Waals surface area contributed by atoms with E-state index in [2.05, 4.69) is 36.2 Å². The maximum absolute atomic E-state index is 5.48. The van der Waals surface area contributed by atoms with Crippen molar-refractivity contribution in [2.75, 3.05) is 38.6 Å². The molecule has 4 nitrogen and oxygen atoms in total. The van der Waals surface area contributed by atoms with E-state index in [1.54, 1.807) is 0 Å². The van der Waals surface area contributed by atoms with Crippen molar-refractivity contribution >= 4 is 17.7 Å². The molecule has 0 spiro atoms. The van der Waals surface area contributed by atoms with E-state index in [0.717, 1.165) is 50.5 Å². The van der Waals surface area contributed by atoms with Crippen LogP contribution < -0.4 is 10.6 Å². The average Bonchev–Trinajstić information content (AvgIpc) is 3.05. The molecule has 2 fully saturated rings. The molecule has 2 rings (SSSR count). The lowest BCUT2D eigenvalue weighted by atomic mass is 9.90. The molecule has 0 radical (unpaired) electrons. The molecular formula is C14H27N3OS. The number of hydrogen-bond acceptors (Lipinski definition) is 3. The van der Waals surface area contributed by atoms with Crippen LogP contribution in [0.4, 0.5) is 0 Å². The highest BCUT2D eigenvalue weighted by atomic mass is 32.2. The van der Waals surface area contributed by atoms with Crippen LogP contribution in [0.25, 0.3) is 0 Å². The first-order chi connectivity index (χ1) is 9.22. The quantitative estimate of drug-likeness (QED) is 0.598. The van der Waals surface area contributed by atoms with Gasteiger partial charge < -0.3 is 15.4 Å². The van der Waals surface area contributed by atoms with Crippen LogP contribution in [0.2, 0.25) is 0 Å². The summed E-state index contributed by atoms with van der Waals surface area (Å²) in [6, 6.07) is 0. The Labute approximate surface area is 121 Å². The average molecular weight is 285 g/mol. The van der Waals surface area contributed by atoms with Gasteiger partial charge in [0.1, 0.15) is 0 Å². The molecule has 2 heterocycles. The van der Waals surface area contributed by atoms with Gasteiger partial charge in [0.15, 0.2) is 5.96 Å². The van der Waals surface area contributed by atoms with Crippen molar-refractivity contribution in [1.29, 1.82) is 0 Å². The zero-order valence-electron chi connectivity index (χ0n) is 12.2. The summed E-state index contributed by atoms with van der Waals surface area (Å²) < 4.78 is 5.48. The largest absolute Gasteiger partial charge is 0.381 e. The first-order valence-corrected chi connectivity index (χ1v) is 8.48. The van der Waals surface area contributed by atoms with Gasteiger partial charge in [-0.25, -0.2) is 0 Å². The topological polar surface area (TPSA) is 45.7 Å². The summed E-state index contributed by atoms with van der Waals surface area (Å²) in [6.45, 7) is 8.89. The van der Waals surface area contributed by atoms with Crippen LogP contribution >= 0.6 is 11.8 Å². The van der Waals surface area contributed by atoms with Gasteiger partial charge in [-0.3, -0.25) is 4.99 Å². The number of hydrogen-bond donors (Lipinski definition) is 2. The number of ether oxygens (including phenoxy) is 1. The van der Waals surface area contributed by atoms with Crippen LogP contribution in [-0.4, -0.2) is 49.8 Å². The van der Waals surface area contributed by atoms with Crippen molar-refractivity contribution in [2.45, 2.75) is 38.4 Å². The maximum Gasteiger partial charge on any atom is 0.191 e. The first kappa shape index (κ1) is 15.0. The van der Waals surface area contributed by atoms with E-state index in [9.17, 15) is 0 Å². The second-order valence-electron chi connectivity index (χ2n) is 5.82. The van der Waals surface area contributed by atoms with Gasteiger partial charge >= 0.3 is 0 Å². The van der Waals surface area contributed by atoms with Gasteiger partial charge in [0.25, 0.3) is 0 Å². The fourth-order valence-corrected chi connectivity index (χ4v) is 3.66. The van der Waals surface area contributed by atoms with Gasteiger partial charge in [-0.2, -0.15) is 11.8 Å². The van der Waals surface area contributed by atoms with Gasteiger partial charge in [0, 0.05) is 30.4 Å². The van der Waals surface area contributed by atoms with Crippen molar-refractivity contribution in [3.63, 3.8) is 0 Å². The van der Waals surface area contributed by atoms with Crippen LogP contribution in [0.15, 0.2) is 4.99 Å². The molecule has 0 amide bonds. The van der Waals surface area contributed by atoms with E-state index < -0.39 is 0 Å². The van der Waals surface area contributed by atoms with Crippen LogP contribution in [0.1, 0.15) is 33.1 Å². The lowest BCUT2D eigenvalue weighted by Crippen LogP contribution is -2.41. The second-order valence-corrected chi connectivity index (χ2v) is 7.23. The van der Waals surface area contributed by atoms with Crippen LogP contribution in [0, 0.1) is 5.41 Å². The molecule has 2 atom stereocenters. The third-order valence-electron chi connectivity index (χ3n) is 3.78. The minimum Gasteiger partial charge on any atom is -0.381 e. The molecule has 0 aromatic rings. The van der Waals surface area contributed by atoms with Gasteiger partial charge in [-0.15, -0.1) is 0 Å². The zero-order chi connectivity index (χ0) is 13.6. The Morgan fingerprint density at radius 2 is 2.37 bits per heavy atom. The van der Waals surface area contributed by atoms with Crippen molar-refractivity contribution < 1.29 is 4.74 Å². The van der Waals surface area contributed by atoms with E-state index in [1.165, 1.54) is 18.6 Å². The van der Waals surface area contributed by atoms with Gasteiger partial charge in [0.2, 0.25) is 0 Å². The summed E-state index contributed by atoms with van der Waals surface area (Å²) in [5, 5.41) is 7.58. The standard InChI is InChI=1S/C14H27N3OS/c1-3-15-13(16-9-12-5-4-8-19-12)17-10-14(2)6-7-18-11-14/h12H,3-11H2,1-2H3,(H2,15,16,17). The van der Waals surface area contributed by atoms with E-state index in [0.29, 0.717) is 0 Å². The summed E-state index contributed by atoms with van der Waals surface area (Å²) in [5.74, 6) is 2.28. The van der Waals surface area contributed by atoms with E-state index in [4.69, 9.17) is 9.73 Å². The lowest BCUT2D eigenvalue weighted by molar-refractivity contribution is 0.163. The molecule has 19 heavy (non-hydrogen) atoms. The van der Waals surface area contributed by atoms with E-state index in [1.807, 2.05) is 0 Å². The van der Waals surface area contributed by atoms with Crippen LogP contribution in [0.5, 0.6) is 0 Å². The Morgan fingerprint density at radius 1 is 1.47 bits per heavy atom. The predicted molar refractivity (Wildman–Crippen MR) is 83.0 cm³/mol. The third-order valence-corrected chi connectivity index (χ3v) is 5.18. The Kier molecular flexibility index (Phi) is 5.82. The SMILES string of the molecule is CCNC(=NCC1(C)CCOC1)NCC1CCCS1. The van der Waals surface area contributed by atoms with Crippen molar-refractivity contribution in [2.24, 2.45) is 10.4 Å². The molecule has 0 saturated carbocycles. The number of nitrogens with one attached hydrogen (secondary N) is 2. The minimum atomic E-state index is 0.227. The fourth-order valence-electron chi connectivity index (χ4n) is 2.46. The normalized spacial score (nSPS) is 31.7. The summed E-state index contributed by atoms with van der Waals surface area (Å²) >= 11 is 2.08. The fraction of sp³-hybridized carbons (Fsp3) is 0.929. The van der Waals surface area contributed by atoms with Crippen LogP contribution in [-0.2, 0) is 4.74 Å². The van der Waals surface area contributed by atoms with Crippen LogP contribution in [0.3, 0.4) is 0 Å². The molecule has 2 unspecified atom stereocenters. The number of aliphatic imine (C=N–C) groups is 1. The van der Waals surface area contributed by atoms with Crippen molar-refractivity contribution in [1.82, 2.24) is 10.6 Å². The molecule has 2 aliphatic heterocycles. The molecule has 0 bridgehead atoms. The molecule has 0 aliphatic carbocycles. The molecule has 5 heteroatoms. The summed E-state index contributed by atoms with van der Waals surface area (Å²) in [7, 11) is 0. The van der Waals surface area contributed by atoms with Gasteiger partial charge in [-0.05, 0) is 31.9 Å². The van der Waals surface area contributed by atoms with E-state index >= 15 is 0 Å². The minimum absolute atomic E-state index is 0.227. The molecule has 110 valence electrons. The number of nitrogens with zero attached hydrogens (tertiary/aromatic N) is 1. The van der Waals surface area contributed by atoms with E-state index in [-0.39, 0.29) is 5.41 Å². The van der Waals surface area contributed by atoms with Crippen molar-refractivity contribution in [3.05, 3.63) is 0 Å². The molecule has 2 aliphatic rings. The number of guanidine groups is 1. The molecule has 2 saturated heterocycles. The molecule has 2 N–H and O–H groups in total.